The fourth-order valence-corrected chi connectivity index (χ4v) is 4.34. The van der Waals surface area contributed by atoms with Gasteiger partial charge in [-0.2, -0.15) is 0 Å². The standard InChI is InChI=1S/C24H19Cl2NO2/c1-15-8-10-20(19-7-3-2-6-18(15)19)23(28)24(29,16-5-4-12-27-14-16)21-11-9-17(25)13-22(21)26/h2-14,23,28-29H,1H3. The number of rotatable bonds is 4. The second-order valence-electron chi connectivity index (χ2n) is 7.05. The largest absolute Gasteiger partial charge is 0.385 e. The van der Waals surface area contributed by atoms with E-state index in [9.17, 15) is 10.2 Å². The van der Waals surface area contributed by atoms with Crippen molar-refractivity contribution in [2.24, 2.45) is 0 Å². The highest BCUT2D eigenvalue weighted by Crippen LogP contribution is 2.45. The van der Waals surface area contributed by atoms with Gasteiger partial charge in [-0.25, -0.2) is 0 Å². The topological polar surface area (TPSA) is 53.4 Å². The van der Waals surface area contributed by atoms with Crippen molar-refractivity contribution in [3.63, 3.8) is 0 Å². The van der Waals surface area contributed by atoms with E-state index in [4.69, 9.17) is 23.2 Å². The summed E-state index contributed by atoms with van der Waals surface area (Å²) in [5, 5.41) is 26.1. The number of pyridine rings is 1. The number of benzene rings is 3. The van der Waals surface area contributed by atoms with Crippen LogP contribution in [0.25, 0.3) is 10.8 Å². The van der Waals surface area contributed by atoms with Crippen molar-refractivity contribution in [1.29, 1.82) is 0 Å². The maximum Gasteiger partial charge on any atom is 0.147 e. The van der Waals surface area contributed by atoms with Crippen molar-refractivity contribution in [2.45, 2.75) is 18.6 Å². The molecule has 3 aromatic carbocycles. The van der Waals surface area contributed by atoms with E-state index < -0.39 is 11.7 Å². The highest BCUT2D eigenvalue weighted by atomic mass is 35.5. The molecule has 0 saturated heterocycles. The fraction of sp³-hybridized carbons (Fsp3) is 0.125. The van der Waals surface area contributed by atoms with E-state index in [0.717, 1.165) is 16.3 Å². The molecule has 2 atom stereocenters. The van der Waals surface area contributed by atoms with Gasteiger partial charge in [0.05, 0.1) is 0 Å². The summed E-state index contributed by atoms with van der Waals surface area (Å²) in [5.74, 6) is 0. The molecule has 0 saturated carbocycles. The van der Waals surface area contributed by atoms with Gasteiger partial charge in [-0.1, -0.05) is 71.7 Å². The van der Waals surface area contributed by atoms with E-state index >= 15 is 0 Å². The maximum atomic E-state index is 12.0. The lowest BCUT2D eigenvalue weighted by atomic mass is 9.78. The van der Waals surface area contributed by atoms with E-state index in [2.05, 4.69) is 4.98 Å². The molecule has 3 nitrogen and oxygen atoms in total. The van der Waals surface area contributed by atoms with Gasteiger partial charge in [-0.15, -0.1) is 0 Å². The Balaban J connectivity index is 1.99. The lowest BCUT2D eigenvalue weighted by Gasteiger charge is -2.35. The van der Waals surface area contributed by atoms with Crippen LogP contribution in [-0.2, 0) is 5.60 Å². The molecular weight excluding hydrogens is 405 g/mol. The number of aliphatic hydroxyl groups is 2. The predicted octanol–water partition coefficient (Wildman–Crippen LogP) is 5.82. The van der Waals surface area contributed by atoms with Crippen molar-refractivity contribution in [2.75, 3.05) is 0 Å². The number of hydrogen-bond acceptors (Lipinski definition) is 3. The minimum absolute atomic E-state index is 0.263. The Morgan fingerprint density at radius 1 is 0.931 bits per heavy atom. The second-order valence-corrected chi connectivity index (χ2v) is 7.90. The maximum absolute atomic E-state index is 12.0. The van der Waals surface area contributed by atoms with Gasteiger partial charge in [0, 0.05) is 33.6 Å². The zero-order chi connectivity index (χ0) is 20.6. The summed E-state index contributed by atoms with van der Waals surface area (Å²) in [5.41, 5.74) is 0.651. The van der Waals surface area contributed by atoms with Crippen LogP contribution < -0.4 is 0 Å². The van der Waals surface area contributed by atoms with Gasteiger partial charge in [-0.05, 0) is 47.0 Å². The summed E-state index contributed by atoms with van der Waals surface area (Å²) in [4.78, 5) is 4.14. The molecule has 2 unspecified atom stereocenters. The van der Waals surface area contributed by atoms with Crippen molar-refractivity contribution in [3.05, 3.63) is 111 Å². The van der Waals surface area contributed by atoms with E-state index in [-0.39, 0.29) is 5.02 Å². The zero-order valence-electron chi connectivity index (χ0n) is 15.7. The number of hydrogen-bond donors (Lipinski definition) is 2. The molecule has 0 radical (unpaired) electrons. The third-order valence-corrected chi connectivity index (χ3v) is 5.86. The van der Waals surface area contributed by atoms with Crippen molar-refractivity contribution in [3.8, 4) is 0 Å². The molecule has 0 aliphatic rings. The molecular formula is C24H19Cl2NO2. The molecule has 146 valence electrons. The Morgan fingerprint density at radius 3 is 2.38 bits per heavy atom. The summed E-state index contributed by atoms with van der Waals surface area (Å²) in [7, 11) is 0. The first kappa shape index (κ1) is 19.9. The number of halogens is 2. The minimum atomic E-state index is -1.83. The van der Waals surface area contributed by atoms with Gasteiger partial charge >= 0.3 is 0 Å². The van der Waals surface area contributed by atoms with Crippen molar-refractivity contribution in [1.82, 2.24) is 4.98 Å². The van der Waals surface area contributed by atoms with Crippen LogP contribution in [0.5, 0.6) is 0 Å². The summed E-state index contributed by atoms with van der Waals surface area (Å²) in [6.07, 6.45) is 1.85. The fourth-order valence-electron chi connectivity index (χ4n) is 3.78. The summed E-state index contributed by atoms with van der Waals surface area (Å²) >= 11 is 12.5. The SMILES string of the molecule is Cc1ccc(C(O)C(O)(c2cccnc2)c2ccc(Cl)cc2Cl)c2ccccc12. The van der Waals surface area contributed by atoms with Crippen LogP contribution in [0.3, 0.4) is 0 Å². The molecule has 0 spiro atoms. The van der Waals surface area contributed by atoms with Crippen LogP contribution in [0.2, 0.25) is 10.0 Å². The van der Waals surface area contributed by atoms with Crippen LogP contribution in [-0.4, -0.2) is 15.2 Å². The molecule has 1 heterocycles. The van der Waals surface area contributed by atoms with Gasteiger partial charge in [0.1, 0.15) is 11.7 Å². The Kier molecular flexibility index (Phi) is 5.32. The van der Waals surface area contributed by atoms with Gasteiger partial charge in [0.2, 0.25) is 0 Å². The lowest BCUT2D eigenvalue weighted by molar-refractivity contribution is -0.0511. The van der Waals surface area contributed by atoms with Gasteiger partial charge < -0.3 is 10.2 Å². The third-order valence-electron chi connectivity index (χ3n) is 5.31. The van der Waals surface area contributed by atoms with E-state index in [1.54, 1.807) is 36.5 Å². The molecule has 0 aliphatic carbocycles. The number of nitrogens with zero attached hydrogens (tertiary/aromatic N) is 1. The van der Waals surface area contributed by atoms with Crippen molar-refractivity contribution >= 4 is 34.0 Å². The van der Waals surface area contributed by atoms with E-state index in [0.29, 0.717) is 21.7 Å². The van der Waals surface area contributed by atoms with Crippen LogP contribution in [0.15, 0.2) is 79.1 Å². The average Bonchev–Trinajstić information content (AvgIpc) is 2.74. The molecule has 0 bridgehead atoms. The normalized spacial score (nSPS) is 14.5. The number of aliphatic hydroxyl groups excluding tert-OH is 1. The minimum Gasteiger partial charge on any atom is -0.385 e. The Morgan fingerprint density at radius 2 is 1.69 bits per heavy atom. The molecule has 4 rings (SSSR count). The number of aryl methyl sites for hydroxylation is 1. The van der Waals surface area contributed by atoms with Crippen LogP contribution in [0, 0.1) is 6.92 Å². The molecule has 0 fully saturated rings. The average molecular weight is 424 g/mol. The van der Waals surface area contributed by atoms with E-state index in [1.807, 2.05) is 43.3 Å². The van der Waals surface area contributed by atoms with Crippen LogP contribution in [0.4, 0.5) is 0 Å². The molecule has 29 heavy (non-hydrogen) atoms. The first-order valence-electron chi connectivity index (χ1n) is 9.17. The molecule has 4 aromatic rings. The smallest absolute Gasteiger partial charge is 0.147 e. The van der Waals surface area contributed by atoms with Gasteiger partial charge in [0.15, 0.2) is 0 Å². The summed E-state index contributed by atoms with van der Waals surface area (Å²) in [6.45, 7) is 2.02. The Labute approximate surface area is 179 Å². The lowest BCUT2D eigenvalue weighted by Crippen LogP contribution is -2.35. The quantitative estimate of drug-likeness (QED) is 0.434. The zero-order valence-corrected chi connectivity index (χ0v) is 17.2. The summed E-state index contributed by atoms with van der Waals surface area (Å²) < 4.78 is 0. The van der Waals surface area contributed by atoms with E-state index in [1.165, 1.54) is 6.20 Å². The molecule has 5 heteroatoms. The monoisotopic (exact) mass is 423 g/mol. The van der Waals surface area contributed by atoms with Crippen LogP contribution in [0.1, 0.15) is 28.4 Å². The summed E-state index contributed by atoms with van der Waals surface area (Å²) in [6, 6.07) is 19.9. The van der Waals surface area contributed by atoms with Crippen LogP contribution >= 0.6 is 23.2 Å². The number of aromatic nitrogens is 1. The molecule has 0 aliphatic heterocycles. The van der Waals surface area contributed by atoms with Gasteiger partial charge in [-0.3, -0.25) is 4.98 Å². The Bertz CT molecular complexity index is 1180. The highest BCUT2D eigenvalue weighted by Gasteiger charge is 2.42. The Hall–Kier alpha value is -2.43. The predicted molar refractivity (Wildman–Crippen MR) is 117 cm³/mol. The molecule has 0 amide bonds. The molecule has 2 N–H and O–H groups in total. The second kappa shape index (κ2) is 7.77. The first-order valence-corrected chi connectivity index (χ1v) is 9.93. The highest BCUT2D eigenvalue weighted by molar-refractivity contribution is 6.35. The number of fused-ring (bicyclic) bond motifs is 1. The third kappa shape index (κ3) is 3.41. The van der Waals surface area contributed by atoms with Gasteiger partial charge in [0.25, 0.3) is 0 Å². The van der Waals surface area contributed by atoms with Crippen molar-refractivity contribution < 1.29 is 10.2 Å². The first-order chi connectivity index (χ1) is 13.9. The molecule has 1 aromatic heterocycles.